The van der Waals surface area contributed by atoms with E-state index in [-0.39, 0.29) is 23.7 Å². The predicted molar refractivity (Wildman–Crippen MR) is 212 cm³/mol. The monoisotopic (exact) mass is 712 g/mol. The summed E-state index contributed by atoms with van der Waals surface area (Å²) in [6.07, 6.45) is 24.5. The minimum atomic E-state index is -0.557. The van der Waals surface area contributed by atoms with Crippen LogP contribution in [0.5, 0.6) is 0 Å². The summed E-state index contributed by atoms with van der Waals surface area (Å²) in [7, 11) is 0. The minimum absolute atomic E-state index is 0.0380. The first-order valence-electron chi connectivity index (χ1n) is 20.9. The zero-order valence-electron chi connectivity index (χ0n) is 33.2. The molecule has 0 heterocycles. The van der Waals surface area contributed by atoms with E-state index >= 15 is 0 Å². The number of carbonyl (C=O) groups is 3. The van der Waals surface area contributed by atoms with Crippen LogP contribution >= 0.6 is 11.8 Å². The molecule has 7 nitrogen and oxygen atoms in total. The van der Waals surface area contributed by atoms with Gasteiger partial charge in [0.25, 0.3) is 0 Å². The number of hydrogen-bond donors (Lipinski definition) is 2. The third-order valence-electron chi connectivity index (χ3n) is 9.96. The standard InChI is InChI=1S/C41H81N3O4S/c1-7-13-16-18-20-21-23-25-28-37(27-24-22-19-17-14-8-2)40(46)43-38(41(47)42-31-32-44(11-5)12-6)29-33-49-34-30-39(45)48-35-36(10-4)26-15-9-3/h36-38H,7-35H2,1-6H3,(H,42,47)(H,43,46). The quantitative estimate of drug-likeness (QED) is 0.0497. The Hall–Kier alpha value is -1.28. The van der Waals surface area contributed by atoms with Gasteiger partial charge in [0.05, 0.1) is 13.0 Å². The molecule has 0 aliphatic carbocycles. The van der Waals surface area contributed by atoms with Crippen molar-refractivity contribution in [3.63, 3.8) is 0 Å². The molecule has 0 aromatic carbocycles. The van der Waals surface area contributed by atoms with E-state index in [0.29, 0.717) is 43.4 Å². The predicted octanol–water partition coefficient (Wildman–Crippen LogP) is 10.1. The van der Waals surface area contributed by atoms with E-state index in [2.05, 4.69) is 57.1 Å². The smallest absolute Gasteiger partial charge is 0.306 e. The third-order valence-corrected chi connectivity index (χ3v) is 11.0. The number of amides is 2. The Morgan fingerprint density at radius 2 is 1.18 bits per heavy atom. The van der Waals surface area contributed by atoms with Gasteiger partial charge in [-0.1, -0.05) is 151 Å². The Morgan fingerprint density at radius 1 is 0.633 bits per heavy atom. The molecular weight excluding hydrogens is 631 g/mol. The maximum atomic E-state index is 13.8. The molecule has 3 unspecified atom stereocenters. The number of nitrogens with one attached hydrogen (secondary N) is 2. The summed E-state index contributed by atoms with van der Waals surface area (Å²) in [5.41, 5.74) is 0. The summed E-state index contributed by atoms with van der Waals surface area (Å²) >= 11 is 1.66. The lowest BCUT2D eigenvalue weighted by Crippen LogP contribution is -2.50. The van der Waals surface area contributed by atoms with Gasteiger partial charge >= 0.3 is 5.97 Å². The molecule has 0 aromatic rings. The maximum absolute atomic E-state index is 13.8. The fourth-order valence-corrected chi connectivity index (χ4v) is 7.22. The average Bonchev–Trinajstić information content (AvgIpc) is 3.10. The fourth-order valence-electron chi connectivity index (χ4n) is 6.30. The van der Waals surface area contributed by atoms with Gasteiger partial charge < -0.3 is 20.3 Å². The van der Waals surface area contributed by atoms with Crippen molar-refractivity contribution in [3.8, 4) is 0 Å². The van der Waals surface area contributed by atoms with Crippen molar-refractivity contribution in [1.29, 1.82) is 0 Å². The second-order valence-corrected chi connectivity index (χ2v) is 15.4. The highest BCUT2D eigenvalue weighted by Crippen LogP contribution is 2.21. The second-order valence-electron chi connectivity index (χ2n) is 14.1. The largest absolute Gasteiger partial charge is 0.465 e. The molecule has 0 fully saturated rings. The molecule has 2 amide bonds. The average molecular weight is 712 g/mol. The van der Waals surface area contributed by atoms with E-state index in [1.165, 1.54) is 83.5 Å². The van der Waals surface area contributed by atoms with E-state index < -0.39 is 6.04 Å². The molecule has 2 N–H and O–H groups in total. The minimum Gasteiger partial charge on any atom is -0.465 e. The molecule has 0 radical (unpaired) electrons. The number of nitrogens with zero attached hydrogens (tertiary/aromatic N) is 1. The van der Waals surface area contributed by atoms with Crippen LogP contribution in [0.2, 0.25) is 0 Å². The highest BCUT2D eigenvalue weighted by Gasteiger charge is 2.25. The van der Waals surface area contributed by atoms with Crippen molar-refractivity contribution in [2.24, 2.45) is 11.8 Å². The van der Waals surface area contributed by atoms with E-state index in [1.807, 2.05) is 0 Å². The van der Waals surface area contributed by atoms with Crippen LogP contribution in [-0.4, -0.2) is 73.0 Å². The molecule has 0 aliphatic rings. The molecule has 290 valence electrons. The Morgan fingerprint density at radius 3 is 1.71 bits per heavy atom. The molecule has 0 saturated heterocycles. The molecule has 3 atom stereocenters. The second kappa shape index (κ2) is 35.1. The molecule has 0 saturated carbocycles. The van der Waals surface area contributed by atoms with Crippen LogP contribution in [0.4, 0.5) is 0 Å². The van der Waals surface area contributed by atoms with Crippen LogP contribution < -0.4 is 10.6 Å². The lowest BCUT2D eigenvalue weighted by molar-refractivity contribution is -0.144. The van der Waals surface area contributed by atoms with Crippen LogP contribution in [0.15, 0.2) is 0 Å². The molecule has 0 rings (SSSR count). The highest BCUT2D eigenvalue weighted by molar-refractivity contribution is 7.99. The van der Waals surface area contributed by atoms with Crippen molar-refractivity contribution in [2.45, 2.75) is 189 Å². The van der Waals surface area contributed by atoms with Gasteiger partial charge in [0.2, 0.25) is 11.8 Å². The Kier molecular flexibility index (Phi) is 34.2. The van der Waals surface area contributed by atoms with Gasteiger partial charge in [-0.25, -0.2) is 0 Å². The molecule has 0 bridgehead atoms. The van der Waals surface area contributed by atoms with Crippen LogP contribution in [0.25, 0.3) is 0 Å². The van der Waals surface area contributed by atoms with Crippen molar-refractivity contribution in [3.05, 3.63) is 0 Å². The summed E-state index contributed by atoms with van der Waals surface area (Å²) < 4.78 is 5.57. The lowest BCUT2D eigenvalue weighted by atomic mass is 9.93. The van der Waals surface area contributed by atoms with Crippen LogP contribution in [0.1, 0.15) is 183 Å². The Balaban J connectivity index is 5.15. The van der Waals surface area contributed by atoms with Gasteiger partial charge in [0.1, 0.15) is 6.04 Å². The summed E-state index contributed by atoms with van der Waals surface area (Å²) in [4.78, 5) is 41.8. The van der Waals surface area contributed by atoms with Crippen molar-refractivity contribution < 1.29 is 19.1 Å². The van der Waals surface area contributed by atoms with Gasteiger partial charge in [0.15, 0.2) is 0 Å². The van der Waals surface area contributed by atoms with Crippen molar-refractivity contribution >= 4 is 29.5 Å². The van der Waals surface area contributed by atoms with E-state index in [0.717, 1.165) is 64.6 Å². The summed E-state index contributed by atoms with van der Waals surface area (Å²) in [5, 5.41) is 6.31. The van der Waals surface area contributed by atoms with Crippen LogP contribution in [0.3, 0.4) is 0 Å². The number of hydrogen-bond acceptors (Lipinski definition) is 6. The number of unbranched alkanes of at least 4 members (excludes halogenated alkanes) is 13. The van der Waals surface area contributed by atoms with Crippen LogP contribution in [0, 0.1) is 11.8 Å². The number of likely N-dealkylation sites (N-methyl/N-ethyl adjacent to an activating group) is 1. The Labute approximate surface area is 308 Å². The third kappa shape index (κ3) is 28.0. The van der Waals surface area contributed by atoms with Gasteiger partial charge in [-0.3, -0.25) is 14.4 Å². The first kappa shape index (κ1) is 47.7. The van der Waals surface area contributed by atoms with Gasteiger partial charge in [-0.15, -0.1) is 0 Å². The first-order valence-corrected chi connectivity index (χ1v) is 22.1. The normalized spacial score (nSPS) is 13.3. The van der Waals surface area contributed by atoms with E-state index in [1.54, 1.807) is 11.8 Å². The Bertz CT molecular complexity index is 780. The number of thioether (sulfide) groups is 1. The molecule has 49 heavy (non-hydrogen) atoms. The fraction of sp³-hybridized carbons (Fsp3) is 0.927. The zero-order chi connectivity index (χ0) is 36.4. The highest BCUT2D eigenvalue weighted by atomic mass is 32.2. The summed E-state index contributed by atoms with van der Waals surface area (Å²) in [6, 6.07) is -0.557. The summed E-state index contributed by atoms with van der Waals surface area (Å²) in [5.74, 6) is 1.58. The molecule has 0 aromatic heterocycles. The molecule has 8 heteroatoms. The van der Waals surface area contributed by atoms with Gasteiger partial charge in [-0.05, 0) is 50.4 Å². The van der Waals surface area contributed by atoms with Crippen molar-refractivity contribution in [2.75, 3.05) is 44.3 Å². The molecular formula is C41H81N3O4S. The van der Waals surface area contributed by atoms with Crippen molar-refractivity contribution in [1.82, 2.24) is 15.5 Å². The van der Waals surface area contributed by atoms with E-state index in [9.17, 15) is 14.4 Å². The first-order chi connectivity index (χ1) is 23.9. The topological polar surface area (TPSA) is 87.7 Å². The van der Waals surface area contributed by atoms with Gasteiger partial charge in [-0.2, -0.15) is 11.8 Å². The lowest BCUT2D eigenvalue weighted by Gasteiger charge is -2.24. The van der Waals surface area contributed by atoms with Gasteiger partial charge in [0, 0.05) is 24.8 Å². The summed E-state index contributed by atoms with van der Waals surface area (Å²) in [6.45, 7) is 16.9. The zero-order valence-corrected chi connectivity index (χ0v) is 34.0. The van der Waals surface area contributed by atoms with Crippen LogP contribution in [-0.2, 0) is 19.1 Å². The van der Waals surface area contributed by atoms with E-state index in [4.69, 9.17) is 4.74 Å². The number of carbonyl (C=O) groups excluding carboxylic acids is 3. The molecule has 0 aliphatic heterocycles. The number of rotatable bonds is 36. The SMILES string of the molecule is CCCCCCCCCCC(CCCCCCCC)C(=O)NC(CCSCCC(=O)OCC(CC)CCCC)C(=O)NCCN(CC)CC. The molecule has 0 spiro atoms. The maximum Gasteiger partial charge on any atom is 0.306 e. The number of ether oxygens (including phenoxy) is 1. The number of esters is 1.